The van der Waals surface area contributed by atoms with Crippen molar-refractivity contribution in [2.45, 2.75) is 13.5 Å². The molecule has 3 rings (SSSR count). The molecule has 0 atom stereocenters. The number of benzene rings is 1. The monoisotopic (exact) mass is 257 g/mol. The molecule has 0 spiro atoms. The third-order valence-electron chi connectivity index (χ3n) is 2.82. The van der Waals surface area contributed by atoms with Crippen LogP contribution in [0.15, 0.2) is 47.1 Å². The summed E-state index contributed by atoms with van der Waals surface area (Å²) in [6.07, 6.45) is 1.90. The molecule has 0 aliphatic heterocycles. The molecule has 0 aliphatic rings. The summed E-state index contributed by atoms with van der Waals surface area (Å²) < 4.78 is 20.3. The minimum Gasteiger partial charge on any atom is -0.339 e. The van der Waals surface area contributed by atoms with Crippen LogP contribution in [0.5, 0.6) is 0 Å². The van der Waals surface area contributed by atoms with Crippen LogP contribution >= 0.6 is 0 Å². The van der Waals surface area contributed by atoms with Gasteiger partial charge in [-0.3, -0.25) is 0 Å². The fourth-order valence-corrected chi connectivity index (χ4v) is 1.98. The second kappa shape index (κ2) is 4.68. The number of rotatable bonds is 3. The van der Waals surface area contributed by atoms with E-state index in [0.717, 1.165) is 11.3 Å². The molecule has 0 saturated carbocycles. The molecule has 5 heteroatoms. The van der Waals surface area contributed by atoms with Gasteiger partial charge in [0.25, 0.3) is 5.89 Å². The number of hydrogen-bond acceptors (Lipinski definition) is 3. The van der Waals surface area contributed by atoms with Crippen molar-refractivity contribution in [1.82, 2.24) is 14.7 Å². The first kappa shape index (κ1) is 11.6. The summed E-state index contributed by atoms with van der Waals surface area (Å²) in [7, 11) is 0. The van der Waals surface area contributed by atoms with Gasteiger partial charge in [0.15, 0.2) is 5.82 Å². The zero-order valence-corrected chi connectivity index (χ0v) is 10.4. The predicted octanol–water partition coefficient (Wildman–Crippen LogP) is 3.03. The van der Waals surface area contributed by atoms with Crippen molar-refractivity contribution in [2.75, 3.05) is 0 Å². The molecule has 96 valence electrons. The molecule has 0 radical (unpaired) electrons. The van der Waals surface area contributed by atoms with E-state index in [2.05, 4.69) is 10.1 Å². The smallest absolute Gasteiger partial charge is 0.274 e. The van der Waals surface area contributed by atoms with Gasteiger partial charge in [-0.1, -0.05) is 17.3 Å². The molecule has 0 saturated heterocycles. The van der Waals surface area contributed by atoms with Crippen molar-refractivity contribution < 1.29 is 8.91 Å². The quantitative estimate of drug-likeness (QED) is 0.724. The fourth-order valence-electron chi connectivity index (χ4n) is 1.98. The van der Waals surface area contributed by atoms with Gasteiger partial charge >= 0.3 is 0 Å². The van der Waals surface area contributed by atoms with E-state index < -0.39 is 0 Å². The highest BCUT2D eigenvalue weighted by molar-refractivity contribution is 5.48. The van der Waals surface area contributed by atoms with Crippen molar-refractivity contribution in [2.24, 2.45) is 0 Å². The topological polar surface area (TPSA) is 43.9 Å². The van der Waals surface area contributed by atoms with E-state index in [9.17, 15) is 4.39 Å². The molecular formula is C14H12FN3O. The summed E-state index contributed by atoms with van der Waals surface area (Å²) in [6, 6.07) is 10.3. The Morgan fingerprint density at radius 3 is 2.89 bits per heavy atom. The van der Waals surface area contributed by atoms with Gasteiger partial charge in [0.1, 0.15) is 11.5 Å². The van der Waals surface area contributed by atoms with Gasteiger partial charge in [-0.05, 0) is 36.8 Å². The maximum atomic E-state index is 13.2. The Kier molecular flexibility index (Phi) is 2.87. The Morgan fingerprint density at radius 2 is 2.16 bits per heavy atom. The average molecular weight is 257 g/mol. The zero-order valence-electron chi connectivity index (χ0n) is 10.4. The summed E-state index contributed by atoms with van der Waals surface area (Å²) >= 11 is 0. The summed E-state index contributed by atoms with van der Waals surface area (Å²) in [5.41, 5.74) is 1.71. The van der Waals surface area contributed by atoms with Gasteiger partial charge in [-0.2, -0.15) is 4.98 Å². The van der Waals surface area contributed by atoms with Crippen molar-refractivity contribution in [3.05, 3.63) is 59.8 Å². The molecular weight excluding hydrogens is 245 g/mol. The molecule has 19 heavy (non-hydrogen) atoms. The highest BCUT2D eigenvalue weighted by Crippen LogP contribution is 2.19. The van der Waals surface area contributed by atoms with Crippen molar-refractivity contribution in [3.63, 3.8) is 0 Å². The van der Waals surface area contributed by atoms with Crippen LogP contribution in [-0.2, 0) is 6.54 Å². The van der Waals surface area contributed by atoms with Gasteiger partial charge in [0, 0.05) is 12.7 Å². The first-order valence-corrected chi connectivity index (χ1v) is 5.92. The lowest BCUT2D eigenvalue weighted by Gasteiger charge is -2.06. The van der Waals surface area contributed by atoms with Crippen LogP contribution < -0.4 is 0 Å². The number of hydrogen-bond donors (Lipinski definition) is 0. The van der Waals surface area contributed by atoms with Crippen LogP contribution in [0.2, 0.25) is 0 Å². The summed E-state index contributed by atoms with van der Waals surface area (Å²) in [5.74, 6) is 0.826. The number of nitrogens with zero attached hydrogens (tertiary/aromatic N) is 3. The Hall–Kier alpha value is -2.43. The standard InChI is InChI=1S/C14H12FN3O/c1-10-16-14(19-17-10)13-6-3-7-18(13)9-11-4-2-5-12(15)8-11/h2-8H,9H2,1H3. The van der Waals surface area contributed by atoms with E-state index in [4.69, 9.17) is 4.52 Å². The second-order valence-electron chi connectivity index (χ2n) is 4.30. The molecule has 2 aromatic heterocycles. The summed E-state index contributed by atoms with van der Waals surface area (Å²) in [4.78, 5) is 4.20. The maximum Gasteiger partial charge on any atom is 0.274 e. The van der Waals surface area contributed by atoms with Crippen LogP contribution in [0.4, 0.5) is 4.39 Å². The minimum atomic E-state index is -0.236. The SMILES string of the molecule is Cc1noc(-c2cccn2Cc2cccc(F)c2)n1. The average Bonchev–Trinajstić information content (AvgIpc) is 2.98. The lowest BCUT2D eigenvalue weighted by molar-refractivity contribution is 0.422. The number of halogens is 1. The maximum absolute atomic E-state index is 13.2. The first-order chi connectivity index (χ1) is 9.22. The Bertz CT molecular complexity index is 702. The van der Waals surface area contributed by atoms with Crippen LogP contribution in [0, 0.1) is 12.7 Å². The van der Waals surface area contributed by atoms with E-state index in [1.165, 1.54) is 12.1 Å². The van der Waals surface area contributed by atoms with Crippen molar-refractivity contribution in [3.8, 4) is 11.6 Å². The highest BCUT2D eigenvalue weighted by atomic mass is 19.1. The minimum absolute atomic E-state index is 0.236. The van der Waals surface area contributed by atoms with Crippen molar-refractivity contribution >= 4 is 0 Å². The van der Waals surface area contributed by atoms with E-state index in [-0.39, 0.29) is 5.82 Å². The molecule has 0 bridgehead atoms. The highest BCUT2D eigenvalue weighted by Gasteiger charge is 2.11. The summed E-state index contributed by atoms with van der Waals surface area (Å²) in [6.45, 7) is 2.33. The van der Waals surface area contributed by atoms with Gasteiger partial charge < -0.3 is 9.09 Å². The Morgan fingerprint density at radius 1 is 1.26 bits per heavy atom. The third kappa shape index (κ3) is 2.40. The lowest BCUT2D eigenvalue weighted by atomic mass is 10.2. The number of aromatic nitrogens is 3. The molecule has 2 heterocycles. The normalized spacial score (nSPS) is 10.8. The van der Waals surface area contributed by atoms with Gasteiger partial charge in [0.2, 0.25) is 0 Å². The third-order valence-corrected chi connectivity index (χ3v) is 2.82. The molecule has 1 aromatic carbocycles. The first-order valence-electron chi connectivity index (χ1n) is 5.92. The molecule has 4 nitrogen and oxygen atoms in total. The van der Waals surface area contributed by atoms with Gasteiger partial charge in [-0.15, -0.1) is 0 Å². The molecule has 0 fully saturated rings. The number of aryl methyl sites for hydroxylation is 1. The molecule has 0 aliphatic carbocycles. The van der Waals surface area contributed by atoms with E-state index >= 15 is 0 Å². The molecule has 3 aromatic rings. The van der Waals surface area contributed by atoms with E-state index in [1.54, 1.807) is 13.0 Å². The van der Waals surface area contributed by atoms with Crippen molar-refractivity contribution in [1.29, 1.82) is 0 Å². The predicted molar refractivity (Wildman–Crippen MR) is 68.0 cm³/mol. The van der Waals surface area contributed by atoms with E-state index in [0.29, 0.717) is 18.3 Å². The van der Waals surface area contributed by atoms with Crippen LogP contribution in [0.1, 0.15) is 11.4 Å². The van der Waals surface area contributed by atoms with Crippen LogP contribution in [-0.4, -0.2) is 14.7 Å². The molecule has 0 amide bonds. The fraction of sp³-hybridized carbons (Fsp3) is 0.143. The van der Waals surface area contributed by atoms with Crippen LogP contribution in [0.3, 0.4) is 0 Å². The molecule has 0 unspecified atom stereocenters. The zero-order chi connectivity index (χ0) is 13.2. The molecule has 0 N–H and O–H groups in total. The Labute approximate surface area is 109 Å². The largest absolute Gasteiger partial charge is 0.339 e. The summed E-state index contributed by atoms with van der Waals surface area (Å²) in [5, 5.41) is 3.78. The second-order valence-corrected chi connectivity index (χ2v) is 4.30. The van der Waals surface area contributed by atoms with E-state index in [1.807, 2.05) is 29.0 Å². The van der Waals surface area contributed by atoms with Gasteiger partial charge in [-0.25, -0.2) is 4.39 Å². The van der Waals surface area contributed by atoms with Gasteiger partial charge in [0.05, 0.1) is 0 Å². The lowest BCUT2D eigenvalue weighted by Crippen LogP contribution is -2.00. The van der Waals surface area contributed by atoms with Crippen LogP contribution in [0.25, 0.3) is 11.6 Å². The Balaban J connectivity index is 1.92.